The Bertz CT molecular complexity index is 455. The monoisotopic (exact) mass is 467 g/mol. The smallest absolute Gasteiger partial charge is 0.259 e. The van der Waals surface area contributed by atoms with Crippen LogP contribution in [0.4, 0.5) is 0 Å². The molecule has 0 radical (unpaired) electrons. The number of hydrogen-bond acceptors (Lipinski definition) is 6. The zero-order valence-corrected chi connectivity index (χ0v) is 22.0. The van der Waals surface area contributed by atoms with E-state index in [4.69, 9.17) is 22.2 Å². The fourth-order valence-corrected chi connectivity index (χ4v) is 6.78. The standard InChI is InChI=1S/C21H43N2O3PS2/c1-18(2)23(19(3)4)27(25-14-13-22-8)26-17-20(16-24)12-10-9-11-15-28-29-21(5,6)7/h18-20,24H,9-17H2,1-7H3/i24D. The first kappa shape index (κ1) is 27.5. The Morgan fingerprint density at radius 2 is 1.83 bits per heavy atom. The molecule has 0 rings (SSSR count). The first-order valence-corrected chi connectivity index (χ1v) is 14.1. The van der Waals surface area contributed by atoms with Gasteiger partial charge in [-0.1, -0.05) is 55.2 Å². The zero-order valence-electron chi connectivity index (χ0n) is 20.5. The summed E-state index contributed by atoms with van der Waals surface area (Å²) < 4.78 is 21.9. The van der Waals surface area contributed by atoms with Gasteiger partial charge in [0.2, 0.25) is 7.98 Å². The van der Waals surface area contributed by atoms with Gasteiger partial charge >= 0.3 is 0 Å². The minimum Gasteiger partial charge on any atom is -0.396 e. The average Bonchev–Trinajstić information content (AvgIpc) is 2.63. The largest absolute Gasteiger partial charge is 0.396 e. The SMILES string of the molecule is [2H]OCC(CCCCCSSC(C)(C)C)COP(OCC[N+]#[C-])N(C(C)C)C(C)C. The Morgan fingerprint density at radius 3 is 2.38 bits per heavy atom. The van der Waals surface area contributed by atoms with Crippen LogP contribution in [0.3, 0.4) is 0 Å². The van der Waals surface area contributed by atoms with Gasteiger partial charge in [-0.15, -0.1) is 0 Å². The van der Waals surface area contributed by atoms with E-state index < -0.39 is 8.53 Å². The fraction of sp³-hybridized carbons (Fsp3) is 0.952. The average molecular weight is 468 g/mol. The van der Waals surface area contributed by atoms with Crippen LogP contribution in [-0.4, -0.2) is 60.2 Å². The highest BCUT2D eigenvalue weighted by molar-refractivity contribution is 8.77. The molecule has 0 aliphatic heterocycles. The number of nitrogens with zero attached hydrogens (tertiary/aromatic N) is 2. The summed E-state index contributed by atoms with van der Waals surface area (Å²) in [7, 11) is 2.68. The maximum absolute atomic E-state index is 7.17. The van der Waals surface area contributed by atoms with Gasteiger partial charge in [0.25, 0.3) is 8.53 Å². The molecule has 0 aliphatic carbocycles. The highest BCUT2D eigenvalue weighted by atomic mass is 33.1. The summed E-state index contributed by atoms with van der Waals surface area (Å²) in [6, 6.07) is 0.580. The Morgan fingerprint density at radius 1 is 1.14 bits per heavy atom. The van der Waals surface area contributed by atoms with Crippen molar-refractivity contribution in [3.8, 4) is 0 Å². The van der Waals surface area contributed by atoms with Gasteiger partial charge in [0, 0.05) is 35.1 Å². The molecule has 0 aromatic heterocycles. The summed E-state index contributed by atoms with van der Waals surface area (Å²) in [6.45, 7) is 23.9. The van der Waals surface area contributed by atoms with E-state index in [0.717, 1.165) is 12.8 Å². The number of aliphatic hydroxyl groups is 1. The first-order valence-electron chi connectivity index (χ1n) is 11.1. The van der Waals surface area contributed by atoms with Crippen LogP contribution < -0.4 is 0 Å². The van der Waals surface area contributed by atoms with Gasteiger partial charge in [-0.05, 0) is 40.5 Å². The van der Waals surface area contributed by atoms with Crippen molar-refractivity contribution >= 4 is 30.1 Å². The lowest BCUT2D eigenvalue weighted by molar-refractivity contribution is 0.124. The number of unbranched alkanes of at least 4 members (excludes halogenated alkanes) is 2. The Hall–Kier alpha value is 0.460. The molecule has 0 heterocycles. The molecule has 5 nitrogen and oxygen atoms in total. The second kappa shape index (κ2) is 17.1. The van der Waals surface area contributed by atoms with Crippen molar-refractivity contribution in [2.75, 3.05) is 32.1 Å². The van der Waals surface area contributed by atoms with Crippen molar-refractivity contribution in [2.24, 2.45) is 5.92 Å². The lowest BCUT2D eigenvalue weighted by Gasteiger charge is -2.35. The summed E-state index contributed by atoms with van der Waals surface area (Å²) in [5.41, 5.74) is 0. The Balaban J connectivity index is 4.49. The second-order valence-corrected chi connectivity index (χ2v) is 13.4. The minimum absolute atomic E-state index is 0.190. The molecule has 0 spiro atoms. The molecular formula is C21H43N2O3PS2. The maximum Gasteiger partial charge on any atom is 0.259 e. The summed E-state index contributed by atoms with van der Waals surface area (Å²) >= 11 is 0. The van der Waals surface area contributed by atoms with Crippen molar-refractivity contribution in [1.29, 1.82) is 1.43 Å². The van der Waals surface area contributed by atoms with Crippen molar-refractivity contribution in [3.63, 3.8) is 0 Å². The molecular weight excluding hydrogens is 423 g/mol. The maximum atomic E-state index is 7.17. The van der Waals surface area contributed by atoms with Crippen LogP contribution in [-0.2, 0) is 9.05 Å². The molecule has 0 bridgehead atoms. The molecule has 0 saturated carbocycles. The number of aliphatic hydroxyl groups excluding tert-OH is 1. The molecule has 2 unspecified atom stereocenters. The van der Waals surface area contributed by atoms with E-state index in [-0.39, 0.29) is 5.92 Å². The molecule has 0 amide bonds. The van der Waals surface area contributed by atoms with Gasteiger partial charge in [-0.2, -0.15) is 0 Å². The van der Waals surface area contributed by atoms with E-state index in [1.807, 2.05) is 21.6 Å². The molecule has 8 heteroatoms. The van der Waals surface area contributed by atoms with Gasteiger partial charge in [0.15, 0.2) is 0 Å². The summed E-state index contributed by atoms with van der Waals surface area (Å²) in [6.07, 6.45) is 4.51. The van der Waals surface area contributed by atoms with Crippen LogP contribution in [0.1, 0.15) is 74.1 Å². The van der Waals surface area contributed by atoms with Gasteiger partial charge < -0.3 is 19.0 Å². The third-order valence-electron chi connectivity index (χ3n) is 3.96. The van der Waals surface area contributed by atoms with Gasteiger partial charge in [0.05, 0.1) is 6.61 Å². The van der Waals surface area contributed by atoms with E-state index in [1.165, 1.54) is 18.6 Å². The molecule has 0 aromatic rings. The molecule has 172 valence electrons. The van der Waals surface area contributed by atoms with E-state index in [2.05, 4.69) is 58.0 Å². The van der Waals surface area contributed by atoms with Gasteiger partial charge in [-0.3, -0.25) is 0 Å². The van der Waals surface area contributed by atoms with Crippen LogP contribution >= 0.6 is 30.1 Å². The zero-order chi connectivity index (χ0) is 23.0. The number of rotatable bonds is 18. The van der Waals surface area contributed by atoms with Crippen LogP contribution in [0.5, 0.6) is 0 Å². The highest BCUT2D eigenvalue weighted by Gasteiger charge is 2.28. The highest BCUT2D eigenvalue weighted by Crippen LogP contribution is 2.46. The molecule has 29 heavy (non-hydrogen) atoms. The molecule has 0 fully saturated rings. The lowest BCUT2D eigenvalue weighted by Crippen LogP contribution is -2.34. The quantitative estimate of drug-likeness (QED) is 0.106. The second-order valence-electron chi connectivity index (χ2n) is 8.72. The van der Waals surface area contributed by atoms with E-state index in [0.29, 0.717) is 43.2 Å². The third kappa shape index (κ3) is 15.8. The normalized spacial score (nSPS) is 15.0. The third-order valence-corrected chi connectivity index (χ3v) is 9.46. The molecule has 0 saturated heterocycles. The molecule has 0 aliphatic rings. The van der Waals surface area contributed by atoms with E-state index in [1.54, 1.807) is 0 Å². The van der Waals surface area contributed by atoms with Crippen molar-refractivity contribution in [2.45, 2.75) is 91.0 Å². The topological polar surface area (TPSA) is 46.3 Å². The van der Waals surface area contributed by atoms with E-state index >= 15 is 0 Å². The summed E-state index contributed by atoms with van der Waals surface area (Å²) in [5.74, 6) is 1.37. The van der Waals surface area contributed by atoms with Crippen LogP contribution in [0, 0.1) is 12.5 Å². The van der Waals surface area contributed by atoms with Crippen molar-refractivity contribution < 1.29 is 14.2 Å². The Kier molecular flexibility index (Phi) is 16.2. The Labute approximate surface area is 190 Å². The van der Waals surface area contributed by atoms with Crippen LogP contribution in [0.25, 0.3) is 4.85 Å². The van der Waals surface area contributed by atoms with Crippen LogP contribution in [0.15, 0.2) is 0 Å². The van der Waals surface area contributed by atoms with E-state index in [9.17, 15) is 0 Å². The molecule has 2 atom stereocenters. The fourth-order valence-electron chi connectivity index (χ4n) is 2.68. The molecule has 1 N–H and O–H groups in total. The number of hydrogen-bond donors (Lipinski definition) is 1. The predicted octanol–water partition coefficient (Wildman–Crippen LogP) is 6.63. The summed E-state index contributed by atoms with van der Waals surface area (Å²) in [4.78, 5) is 3.38. The molecule has 0 aromatic carbocycles. The summed E-state index contributed by atoms with van der Waals surface area (Å²) in [5, 5.41) is 4.70. The van der Waals surface area contributed by atoms with Crippen molar-refractivity contribution in [3.05, 3.63) is 11.4 Å². The predicted molar refractivity (Wildman–Crippen MR) is 131 cm³/mol. The van der Waals surface area contributed by atoms with Gasteiger partial charge in [-0.25, -0.2) is 11.2 Å². The van der Waals surface area contributed by atoms with Gasteiger partial charge in [0.1, 0.15) is 6.61 Å². The lowest BCUT2D eigenvalue weighted by atomic mass is 10.0. The van der Waals surface area contributed by atoms with Crippen LogP contribution in [0.2, 0.25) is 0 Å². The first-order chi connectivity index (χ1) is 14.1. The van der Waals surface area contributed by atoms with Crippen molar-refractivity contribution in [1.82, 2.24) is 4.67 Å². The minimum atomic E-state index is -1.23.